The minimum absolute atomic E-state index is 0.00340. The van der Waals surface area contributed by atoms with Crippen molar-refractivity contribution in [2.75, 3.05) is 38.4 Å². The van der Waals surface area contributed by atoms with Crippen molar-refractivity contribution in [2.24, 2.45) is 0 Å². The van der Waals surface area contributed by atoms with Gasteiger partial charge in [0.25, 0.3) is 0 Å². The van der Waals surface area contributed by atoms with E-state index in [1.54, 1.807) is 12.1 Å². The Morgan fingerprint density at radius 1 is 0.769 bits per heavy atom. The predicted octanol–water partition coefficient (Wildman–Crippen LogP) is 8.85. The highest BCUT2D eigenvalue weighted by Gasteiger charge is 2.14. The van der Waals surface area contributed by atoms with Crippen molar-refractivity contribution in [3.63, 3.8) is 0 Å². The molecule has 9 heteroatoms. The molecule has 4 rings (SSSR count). The Kier molecular flexibility index (Phi) is 18.7. The molecule has 0 aromatic heterocycles. The summed E-state index contributed by atoms with van der Waals surface area (Å²) in [5, 5.41) is 9.93. The van der Waals surface area contributed by atoms with Gasteiger partial charge in [-0.15, -0.1) is 0 Å². The summed E-state index contributed by atoms with van der Waals surface area (Å²) in [5.41, 5.74) is 2.24. The van der Waals surface area contributed by atoms with Crippen molar-refractivity contribution >= 4 is 47.8 Å². The number of halogens is 3. The maximum atomic E-state index is 8.92. The van der Waals surface area contributed by atoms with Crippen molar-refractivity contribution in [1.29, 1.82) is 0 Å². The van der Waals surface area contributed by atoms with Crippen LogP contribution in [-0.2, 0) is 18.9 Å². The molecule has 0 bridgehead atoms. The molecule has 2 saturated heterocycles. The summed E-state index contributed by atoms with van der Waals surface area (Å²) < 4.78 is 29.8. The van der Waals surface area contributed by atoms with E-state index in [1.807, 2.05) is 31.2 Å². The molecular formula is C30H43Br3O6. The first kappa shape index (κ1) is 34.5. The quantitative estimate of drug-likeness (QED) is 0.194. The van der Waals surface area contributed by atoms with Gasteiger partial charge >= 0.3 is 0 Å². The summed E-state index contributed by atoms with van der Waals surface area (Å²) in [4.78, 5) is 0. The number of ether oxygens (including phenoxy) is 5. The number of aromatic hydroxyl groups is 1. The van der Waals surface area contributed by atoms with Crippen LogP contribution in [0.5, 0.6) is 11.5 Å². The highest BCUT2D eigenvalue weighted by atomic mass is 79.9. The van der Waals surface area contributed by atoms with Gasteiger partial charge in [0.1, 0.15) is 11.5 Å². The fourth-order valence-corrected chi connectivity index (χ4v) is 4.48. The topological polar surface area (TPSA) is 66.4 Å². The van der Waals surface area contributed by atoms with Crippen LogP contribution in [0.4, 0.5) is 0 Å². The summed E-state index contributed by atoms with van der Waals surface area (Å²) in [7, 11) is 0. The lowest BCUT2D eigenvalue weighted by molar-refractivity contribution is -0.163. The summed E-state index contributed by atoms with van der Waals surface area (Å²) in [6.45, 7) is 7.88. The number of rotatable bonds is 10. The molecule has 6 nitrogen and oxygen atoms in total. The van der Waals surface area contributed by atoms with E-state index >= 15 is 0 Å². The lowest BCUT2D eigenvalue weighted by Crippen LogP contribution is -2.23. The Hall–Kier alpha value is -0.680. The fourth-order valence-electron chi connectivity index (χ4n) is 3.75. The van der Waals surface area contributed by atoms with Crippen LogP contribution in [0.3, 0.4) is 0 Å². The van der Waals surface area contributed by atoms with Crippen molar-refractivity contribution in [1.82, 2.24) is 0 Å². The van der Waals surface area contributed by atoms with E-state index in [9.17, 15) is 0 Å². The second-order valence-corrected chi connectivity index (χ2v) is 11.9. The number of hydrogen-bond acceptors (Lipinski definition) is 6. The number of alkyl halides is 1. The predicted molar refractivity (Wildman–Crippen MR) is 167 cm³/mol. The zero-order chi connectivity index (χ0) is 28.3. The van der Waals surface area contributed by atoms with Gasteiger partial charge < -0.3 is 28.8 Å². The lowest BCUT2D eigenvalue weighted by atomic mass is 10.2. The molecule has 1 N–H and O–H groups in total. The maximum Gasteiger partial charge on any atom is 0.157 e. The summed E-state index contributed by atoms with van der Waals surface area (Å²) in [6.07, 6.45) is 8.94. The highest BCUT2D eigenvalue weighted by Crippen LogP contribution is 2.22. The van der Waals surface area contributed by atoms with Crippen LogP contribution in [0.1, 0.15) is 62.5 Å². The zero-order valence-corrected chi connectivity index (χ0v) is 27.9. The number of phenols is 1. The zero-order valence-electron chi connectivity index (χ0n) is 23.1. The van der Waals surface area contributed by atoms with E-state index in [1.165, 1.54) is 24.8 Å². The first-order chi connectivity index (χ1) is 18.9. The number of aryl methyl sites for hydroxylation is 2. The minimum atomic E-state index is 0.00340. The standard InChI is InChI=1S/C15H21BrO3.C8H15BrO2.C7H7BrO/c1-12-11-13(6-7-14(12)16)17-9-4-10-19-15-5-2-3-8-18-15;9-5-3-7-11-8-4-1-2-6-10-8;1-5-4-6(9)2-3-7(5)8/h6-7,11,15H,2-5,8-10H2,1H3;8H,1-7H2;2-4,9H,1H3. The van der Waals surface area contributed by atoms with Gasteiger partial charge in [0, 0.05) is 33.9 Å². The first-order valence-corrected chi connectivity index (χ1v) is 16.5. The van der Waals surface area contributed by atoms with Crippen LogP contribution < -0.4 is 4.74 Å². The van der Waals surface area contributed by atoms with Crippen LogP contribution in [0.25, 0.3) is 0 Å². The second-order valence-electron chi connectivity index (χ2n) is 9.42. The van der Waals surface area contributed by atoms with E-state index in [0.29, 0.717) is 19.0 Å². The minimum Gasteiger partial charge on any atom is -0.508 e. The molecule has 2 aliphatic rings. The van der Waals surface area contributed by atoms with Crippen LogP contribution in [0.2, 0.25) is 0 Å². The molecule has 0 saturated carbocycles. The lowest BCUT2D eigenvalue weighted by Gasteiger charge is -2.22. The molecule has 0 radical (unpaired) electrons. The Bertz CT molecular complexity index is 918. The van der Waals surface area contributed by atoms with Crippen LogP contribution in [-0.4, -0.2) is 56.1 Å². The highest BCUT2D eigenvalue weighted by molar-refractivity contribution is 9.10. The smallest absolute Gasteiger partial charge is 0.157 e. The molecule has 220 valence electrons. The normalized spacial score (nSPS) is 18.8. The molecule has 2 aliphatic heterocycles. The molecule has 2 unspecified atom stereocenters. The fraction of sp³-hybridized carbons (Fsp3) is 0.600. The molecule has 2 aromatic rings. The van der Waals surface area contributed by atoms with Crippen molar-refractivity contribution in [3.05, 3.63) is 56.5 Å². The Morgan fingerprint density at radius 3 is 1.82 bits per heavy atom. The third-order valence-corrected chi connectivity index (χ3v) is 8.33. The Balaban J connectivity index is 0.000000226. The monoisotopic (exact) mass is 736 g/mol. The molecule has 0 spiro atoms. The Morgan fingerprint density at radius 2 is 1.33 bits per heavy atom. The van der Waals surface area contributed by atoms with E-state index in [4.69, 9.17) is 28.8 Å². The Labute approximate surface area is 259 Å². The molecule has 0 amide bonds. The molecule has 2 atom stereocenters. The second kappa shape index (κ2) is 21.1. The largest absolute Gasteiger partial charge is 0.508 e. The van der Waals surface area contributed by atoms with Gasteiger partial charge in [-0.2, -0.15) is 0 Å². The van der Waals surface area contributed by atoms with E-state index < -0.39 is 0 Å². The average molecular weight is 739 g/mol. The van der Waals surface area contributed by atoms with Gasteiger partial charge in [0.05, 0.1) is 19.8 Å². The molecule has 39 heavy (non-hydrogen) atoms. The van der Waals surface area contributed by atoms with Gasteiger partial charge in [-0.3, -0.25) is 0 Å². The number of benzene rings is 2. The molecular weight excluding hydrogens is 696 g/mol. The van der Waals surface area contributed by atoms with Gasteiger partial charge in [0.2, 0.25) is 0 Å². The molecule has 2 aromatic carbocycles. The third kappa shape index (κ3) is 15.8. The van der Waals surface area contributed by atoms with E-state index in [2.05, 4.69) is 54.7 Å². The van der Waals surface area contributed by atoms with E-state index in [0.717, 1.165) is 77.5 Å². The summed E-state index contributed by atoms with van der Waals surface area (Å²) in [6, 6.07) is 11.2. The van der Waals surface area contributed by atoms with Crippen molar-refractivity contribution < 1.29 is 28.8 Å². The SMILES string of the molecule is BrCCCOC1CCCCO1.Cc1cc(O)ccc1Br.Cc1cc(OCCCOC2CCCCO2)ccc1Br. The van der Waals surface area contributed by atoms with Crippen molar-refractivity contribution in [3.8, 4) is 11.5 Å². The van der Waals surface area contributed by atoms with Gasteiger partial charge in [-0.1, -0.05) is 47.8 Å². The summed E-state index contributed by atoms with van der Waals surface area (Å²) in [5.74, 6) is 1.23. The van der Waals surface area contributed by atoms with E-state index in [-0.39, 0.29) is 12.6 Å². The van der Waals surface area contributed by atoms with Gasteiger partial charge in [0.15, 0.2) is 12.6 Å². The number of phenolic OH excluding ortho intramolecular Hbond substituents is 1. The molecule has 0 aliphatic carbocycles. The molecule has 2 fully saturated rings. The van der Waals surface area contributed by atoms with Crippen LogP contribution in [0, 0.1) is 13.8 Å². The summed E-state index contributed by atoms with van der Waals surface area (Å²) >= 11 is 10.1. The van der Waals surface area contributed by atoms with Crippen LogP contribution >= 0.6 is 47.8 Å². The molecule has 2 heterocycles. The van der Waals surface area contributed by atoms with Crippen molar-refractivity contribution in [2.45, 2.75) is 77.8 Å². The average Bonchev–Trinajstić information content (AvgIpc) is 2.95. The van der Waals surface area contributed by atoms with Crippen LogP contribution in [0.15, 0.2) is 45.3 Å². The number of hydrogen-bond donors (Lipinski definition) is 1. The maximum absolute atomic E-state index is 8.92. The van der Waals surface area contributed by atoms with Gasteiger partial charge in [-0.25, -0.2) is 0 Å². The first-order valence-electron chi connectivity index (χ1n) is 13.8. The third-order valence-electron chi connectivity index (χ3n) is 5.99. The van der Waals surface area contributed by atoms with Gasteiger partial charge in [-0.05, 0) is 106 Å².